The lowest BCUT2D eigenvalue weighted by Crippen LogP contribution is -2.23. The molecule has 0 amide bonds. The lowest BCUT2D eigenvalue weighted by molar-refractivity contribution is 0.241. The van der Waals surface area contributed by atoms with Gasteiger partial charge in [0.15, 0.2) is 0 Å². The Kier molecular flexibility index (Phi) is 5.75. The van der Waals surface area contributed by atoms with Gasteiger partial charge in [-0.05, 0) is 63.5 Å². The summed E-state index contributed by atoms with van der Waals surface area (Å²) in [7, 11) is 0. The molecule has 0 unspecified atom stereocenters. The number of hydrogen-bond acceptors (Lipinski definition) is 4. The summed E-state index contributed by atoms with van der Waals surface area (Å²) in [6.07, 6.45) is 3.87. The van der Waals surface area contributed by atoms with E-state index in [1.165, 1.54) is 27.1 Å². The first kappa shape index (κ1) is 21.2. The van der Waals surface area contributed by atoms with Gasteiger partial charge in [0.25, 0.3) is 0 Å². The molecule has 4 aromatic carbocycles. The Morgan fingerprint density at radius 3 is 2.11 bits per heavy atom. The Morgan fingerprint density at radius 2 is 1.31 bits per heavy atom. The number of rotatable bonds is 7. The van der Waals surface area contributed by atoms with Crippen LogP contribution in [-0.4, -0.2) is 24.9 Å². The van der Waals surface area contributed by atoms with Gasteiger partial charge in [0, 0.05) is 25.8 Å². The fourth-order valence-corrected chi connectivity index (χ4v) is 4.53. The molecule has 170 valence electrons. The molecule has 0 saturated carbocycles. The van der Waals surface area contributed by atoms with Gasteiger partial charge >= 0.3 is 0 Å². The molecule has 5 heteroatoms. The van der Waals surface area contributed by atoms with E-state index < -0.39 is 0 Å². The standard InChI is InChI=1S/C30H25N5/c1-2-8-23(9-3-1)19-34(20-28-12-6-7-15-31-28)21-29-22-35(33-32-29)30-14-13-26-16-24-10-4-5-11-25(24)17-27(26)18-30/h1-18,22H,19-21H2. The fraction of sp³-hybridized carbons (Fsp3) is 0.100. The second kappa shape index (κ2) is 9.49. The molecule has 6 rings (SSSR count). The predicted molar refractivity (Wildman–Crippen MR) is 140 cm³/mol. The van der Waals surface area contributed by atoms with E-state index in [0.717, 1.165) is 30.2 Å². The van der Waals surface area contributed by atoms with Gasteiger partial charge < -0.3 is 0 Å². The molecular formula is C30H25N5. The third kappa shape index (κ3) is 4.81. The Balaban J connectivity index is 1.26. The van der Waals surface area contributed by atoms with Crippen molar-refractivity contribution in [2.24, 2.45) is 0 Å². The van der Waals surface area contributed by atoms with Crippen LogP contribution in [0.5, 0.6) is 0 Å². The minimum atomic E-state index is 0.684. The molecule has 0 saturated heterocycles. The number of pyridine rings is 1. The molecule has 0 aliphatic heterocycles. The van der Waals surface area contributed by atoms with Gasteiger partial charge in [-0.3, -0.25) is 9.88 Å². The van der Waals surface area contributed by atoms with E-state index in [4.69, 9.17) is 0 Å². The average molecular weight is 456 g/mol. The minimum absolute atomic E-state index is 0.684. The van der Waals surface area contributed by atoms with Crippen molar-refractivity contribution in [2.45, 2.75) is 19.6 Å². The van der Waals surface area contributed by atoms with Crippen molar-refractivity contribution in [1.82, 2.24) is 24.9 Å². The molecule has 2 aromatic heterocycles. The Bertz CT molecular complexity index is 1530. The van der Waals surface area contributed by atoms with Crippen molar-refractivity contribution in [3.05, 3.63) is 132 Å². The van der Waals surface area contributed by atoms with Crippen LogP contribution in [0.15, 0.2) is 116 Å². The summed E-state index contributed by atoms with van der Waals surface area (Å²) < 4.78 is 1.87. The van der Waals surface area contributed by atoms with Crippen LogP contribution in [0, 0.1) is 0 Å². The molecule has 0 atom stereocenters. The molecule has 35 heavy (non-hydrogen) atoms. The highest BCUT2D eigenvalue weighted by molar-refractivity contribution is 5.98. The normalized spacial score (nSPS) is 11.5. The van der Waals surface area contributed by atoms with Crippen LogP contribution >= 0.6 is 0 Å². The van der Waals surface area contributed by atoms with Gasteiger partial charge in [0.2, 0.25) is 0 Å². The zero-order valence-corrected chi connectivity index (χ0v) is 19.3. The van der Waals surface area contributed by atoms with Gasteiger partial charge in [-0.25, -0.2) is 4.68 Å². The molecule has 0 fully saturated rings. The zero-order chi connectivity index (χ0) is 23.5. The molecule has 0 aliphatic carbocycles. The number of benzene rings is 4. The summed E-state index contributed by atoms with van der Waals surface area (Å²) in [5.74, 6) is 0. The summed E-state index contributed by atoms with van der Waals surface area (Å²) >= 11 is 0. The van der Waals surface area contributed by atoms with Crippen LogP contribution in [0.2, 0.25) is 0 Å². The second-order valence-corrected chi connectivity index (χ2v) is 8.84. The van der Waals surface area contributed by atoms with E-state index in [0.29, 0.717) is 6.54 Å². The molecule has 5 nitrogen and oxygen atoms in total. The lowest BCUT2D eigenvalue weighted by Gasteiger charge is -2.21. The predicted octanol–water partition coefficient (Wildman–Crippen LogP) is 6.17. The highest BCUT2D eigenvalue weighted by atomic mass is 15.4. The number of nitrogens with zero attached hydrogens (tertiary/aromatic N) is 5. The largest absolute Gasteiger partial charge is 0.287 e. The number of fused-ring (bicyclic) bond motifs is 2. The highest BCUT2D eigenvalue weighted by Gasteiger charge is 2.12. The van der Waals surface area contributed by atoms with Gasteiger partial charge in [-0.15, -0.1) is 5.10 Å². The molecular weight excluding hydrogens is 430 g/mol. The lowest BCUT2D eigenvalue weighted by atomic mass is 10.0. The van der Waals surface area contributed by atoms with E-state index in [1.807, 2.05) is 35.3 Å². The smallest absolute Gasteiger partial charge is 0.0972 e. The van der Waals surface area contributed by atoms with Crippen LogP contribution in [0.25, 0.3) is 27.2 Å². The van der Waals surface area contributed by atoms with Crippen LogP contribution in [0.3, 0.4) is 0 Å². The first-order valence-corrected chi connectivity index (χ1v) is 11.8. The summed E-state index contributed by atoms with van der Waals surface area (Å²) in [4.78, 5) is 6.87. The molecule has 0 bridgehead atoms. The van der Waals surface area contributed by atoms with E-state index in [2.05, 4.69) is 105 Å². The van der Waals surface area contributed by atoms with Crippen LogP contribution in [-0.2, 0) is 19.6 Å². The van der Waals surface area contributed by atoms with Crippen LogP contribution in [0.1, 0.15) is 17.0 Å². The molecule has 0 spiro atoms. The maximum absolute atomic E-state index is 4.52. The Morgan fingerprint density at radius 1 is 0.600 bits per heavy atom. The third-order valence-electron chi connectivity index (χ3n) is 6.24. The minimum Gasteiger partial charge on any atom is -0.287 e. The number of aromatic nitrogens is 4. The third-order valence-corrected chi connectivity index (χ3v) is 6.24. The molecule has 0 aliphatic rings. The summed E-state index contributed by atoms with van der Waals surface area (Å²) in [5.41, 5.74) is 4.23. The van der Waals surface area contributed by atoms with E-state index in [-0.39, 0.29) is 0 Å². The van der Waals surface area contributed by atoms with Gasteiger partial charge in [0.05, 0.1) is 23.3 Å². The maximum Gasteiger partial charge on any atom is 0.0972 e. The molecule has 0 N–H and O–H groups in total. The highest BCUT2D eigenvalue weighted by Crippen LogP contribution is 2.25. The summed E-state index contributed by atoms with van der Waals surface area (Å²) in [6, 6.07) is 35.9. The van der Waals surface area contributed by atoms with Crippen molar-refractivity contribution in [3.63, 3.8) is 0 Å². The van der Waals surface area contributed by atoms with Gasteiger partial charge in [0.1, 0.15) is 0 Å². The first-order chi connectivity index (χ1) is 17.3. The fourth-order valence-electron chi connectivity index (χ4n) is 4.53. The van der Waals surface area contributed by atoms with Crippen molar-refractivity contribution < 1.29 is 0 Å². The number of hydrogen-bond donors (Lipinski definition) is 0. The van der Waals surface area contributed by atoms with Crippen molar-refractivity contribution in [1.29, 1.82) is 0 Å². The topological polar surface area (TPSA) is 46.8 Å². The quantitative estimate of drug-likeness (QED) is 0.270. The van der Waals surface area contributed by atoms with Crippen LogP contribution < -0.4 is 0 Å². The van der Waals surface area contributed by atoms with Gasteiger partial charge in [-0.2, -0.15) is 0 Å². The SMILES string of the molecule is c1ccc(CN(Cc2ccccn2)Cc2cn(-c3ccc4cc5ccccc5cc4c3)nn2)cc1. The van der Waals surface area contributed by atoms with Gasteiger partial charge in [-0.1, -0.05) is 71.9 Å². The monoisotopic (exact) mass is 455 g/mol. The van der Waals surface area contributed by atoms with E-state index in [1.54, 1.807) is 0 Å². The molecule has 2 heterocycles. The summed E-state index contributed by atoms with van der Waals surface area (Å²) in [6.45, 7) is 2.24. The molecule has 6 aromatic rings. The van der Waals surface area contributed by atoms with Crippen molar-refractivity contribution in [3.8, 4) is 5.69 Å². The van der Waals surface area contributed by atoms with E-state index in [9.17, 15) is 0 Å². The van der Waals surface area contributed by atoms with Crippen LogP contribution in [0.4, 0.5) is 0 Å². The molecule has 0 radical (unpaired) electrons. The second-order valence-electron chi connectivity index (χ2n) is 8.84. The maximum atomic E-state index is 4.52. The average Bonchev–Trinajstić information content (AvgIpc) is 3.37. The van der Waals surface area contributed by atoms with E-state index >= 15 is 0 Å². The van der Waals surface area contributed by atoms with Crippen molar-refractivity contribution in [2.75, 3.05) is 0 Å². The first-order valence-electron chi connectivity index (χ1n) is 11.8. The van der Waals surface area contributed by atoms with Crippen molar-refractivity contribution >= 4 is 21.5 Å². The Labute approximate surface area is 204 Å². The summed E-state index contributed by atoms with van der Waals surface area (Å²) in [5, 5.41) is 13.8. The Hall–Kier alpha value is -4.35. The zero-order valence-electron chi connectivity index (χ0n) is 19.3.